The molecular weight excluding hydrogens is 426 g/mol. The highest BCUT2D eigenvalue weighted by atomic mass is 32.1. The van der Waals surface area contributed by atoms with Gasteiger partial charge in [-0.05, 0) is 58.8 Å². The fraction of sp³-hybridized carbons (Fsp3) is 0.208. The van der Waals surface area contributed by atoms with E-state index in [0.29, 0.717) is 26.7 Å². The molecule has 0 spiro atoms. The quantitative estimate of drug-likeness (QED) is 0.185. The van der Waals surface area contributed by atoms with Crippen molar-refractivity contribution in [2.75, 3.05) is 27.0 Å². The summed E-state index contributed by atoms with van der Waals surface area (Å²) in [5.74, 6) is 0. The predicted molar refractivity (Wildman–Crippen MR) is 132 cm³/mol. The second-order valence-corrected chi connectivity index (χ2v) is 8.63. The number of allylic oxidation sites excluding steroid dienone is 3. The topological polar surface area (TPSA) is 39.5 Å². The molecule has 0 saturated carbocycles. The Labute approximate surface area is 191 Å². The summed E-state index contributed by atoms with van der Waals surface area (Å²) in [4.78, 5) is 4.39. The first-order chi connectivity index (χ1) is 15.2. The molecule has 3 aromatic heterocycles. The summed E-state index contributed by atoms with van der Waals surface area (Å²) in [5, 5.41) is 8.43. The van der Waals surface area contributed by atoms with Crippen molar-refractivity contribution in [1.82, 2.24) is 14.7 Å². The van der Waals surface area contributed by atoms with Crippen LogP contribution >= 0.6 is 22.7 Å². The van der Waals surface area contributed by atoms with E-state index in [1.165, 1.54) is 9.75 Å². The zero-order valence-corrected chi connectivity index (χ0v) is 19.2. The molecule has 162 valence electrons. The van der Waals surface area contributed by atoms with Crippen LogP contribution in [0.3, 0.4) is 0 Å². The summed E-state index contributed by atoms with van der Waals surface area (Å²) in [6, 6.07) is 10.2. The minimum absolute atomic E-state index is 0.395. The van der Waals surface area contributed by atoms with Gasteiger partial charge in [0.15, 0.2) is 0 Å². The van der Waals surface area contributed by atoms with Gasteiger partial charge >= 0.3 is 0 Å². The van der Waals surface area contributed by atoms with Gasteiger partial charge in [0.2, 0.25) is 0 Å². The van der Waals surface area contributed by atoms with Crippen LogP contribution in [0.2, 0.25) is 0 Å². The molecule has 3 aromatic rings. The average molecular weight is 454 g/mol. The summed E-state index contributed by atoms with van der Waals surface area (Å²) in [6.45, 7) is 5.93. The second-order valence-electron chi connectivity index (χ2n) is 6.68. The van der Waals surface area contributed by atoms with E-state index in [2.05, 4.69) is 46.7 Å². The smallest absolute Gasteiger partial charge is 0.140 e. The van der Waals surface area contributed by atoms with Gasteiger partial charge in [-0.25, -0.2) is 4.68 Å². The molecule has 7 heteroatoms. The van der Waals surface area contributed by atoms with E-state index < -0.39 is 0 Å². The highest BCUT2D eigenvalue weighted by Crippen LogP contribution is 2.13. The Hall–Kier alpha value is -2.71. The van der Waals surface area contributed by atoms with E-state index in [1.807, 2.05) is 59.3 Å². The first kappa shape index (κ1) is 23.0. The van der Waals surface area contributed by atoms with Gasteiger partial charge in [0.05, 0.1) is 18.9 Å². The van der Waals surface area contributed by atoms with Gasteiger partial charge in [-0.1, -0.05) is 24.8 Å². The molecular formula is C24H27N3O2S2. The molecule has 0 fully saturated rings. The third kappa shape index (κ3) is 8.51. The second kappa shape index (κ2) is 12.9. The van der Waals surface area contributed by atoms with Gasteiger partial charge in [0, 0.05) is 29.2 Å². The fourth-order valence-corrected chi connectivity index (χ4v) is 3.76. The van der Waals surface area contributed by atoms with E-state index in [9.17, 15) is 0 Å². The molecule has 0 N–H and O–H groups in total. The minimum Gasteiger partial charge on any atom is -0.359 e. The molecule has 31 heavy (non-hydrogen) atoms. The number of thiophene rings is 2. The third-order valence-corrected chi connectivity index (χ3v) is 5.81. The molecule has 0 unspecified atom stereocenters. The van der Waals surface area contributed by atoms with Crippen LogP contribution in [0.15, 0.2) is 77.8 Å². The molecule has 3 heterocycles. The van der Waals surface area contributed by atoms with Gasteiger partial charge in [-0.15, -0.1) is 22.7 Å². The van der Waals surface area contributed by atoms with E-state index in [-0.39, 0.29) is 0 Å². The monoisotopic (exact) mass is 453 g/mol. The number of hydrogen-bond donors (Lipinski definition) is 0. The van der Waals surface area contributed by atoms with Crippen LogP contribution in [-0.2, 0) is 16.2 Å². The molecule has 0 radical (unpaired) electrons. The Balaban J connectivity index is 1.28. The lowest BCUT2D eigenvalue weighted by atomic mass is 10.2. The van der Waals surface area contributed by atoms with Gasteiger partial charge in [-0.3, -0.25) is 0 Å². The number of rotatable bonds is 13. The Morgan fingerprint density at radius 3 is 2.52 bits per heavy atom. The predicted octanol–water partition coefficient (Wildman–Crippen LogP) is 5.84. The summed E-state index contributed by atoms with van der Waals surface area (Å²) in [6.07, 6.45) is 13.9. The van der Waals surface area contributed by atoms with Crippen molar-refractivity contribution < 1.29 is 9.47 Å². The molecule has 0 amide bonds. The van der Waals surface area contributed by atoms with E-state index in [4.69, 9.17) is 9.47 Å². The van der Waals surface area contributed by atoms with Gasteiger partial charge < -0.3 is 14.4 Å². The van der Waals surface area contributed by atoms with Crippen molar-refractivity contribution in [3.8, 4) is 0 Å². The number of ether oxygens (including phenoxy) is 2. The number of hydrogen-bond acceptors (Lipinski definition) is 6. The van der Waals surface area contributed by atoms with Crippen molar-refractivity contribution in [3.63, 3.8) is 0 Å². The van der Waals surface area contributed by atoms with E-state index in [1.54, 1.807) is 28.9 Å². The molecule has 0 aliphatic rings. The molecule has 0 aliphatic carbocycles. The summed E-state index contributed by atoms with van der Waals surface area (Å²) < 4.78 is 13.2. The molecule has 0 saturated heterocycles. The molecule has 5 nitrogen and oxygen atoms in total. The molecule has 0 atom stereocenters. The summed E-state index contributed by atoms with van der Waals surface area (Å²) >= 11 is 3.41. The lowest BCUT2D eigenvalue weighted by Crippen LogP contribution is -2.18. The van der Waals surface area contributed by atoms with Crippen LogP contribution in [0, 0.1) is 0 Å². The summed E-state index contributed by atoms with van der Waals surface area (Å²) in [5.41, 5.74) is 1.94. The first-order valence-corrected chi connectivity index (χ1v) is 11.6. The normalized spacial score (nSPS) is 11.9. The minimum atomic E-state index is 0.395. The van der Waals surface area contributed by atoms with Crippen LogP contribution in [0.4, 0.5) is 0 Å². The van der Waals surface area contributed by atoms with Crippen LogP contribution < -0.4 is 0 Å². The lowest BCUT2D eigenvalue weighted by Gasteiger charge is -2.14. The Bertz CT molecular complexity index is 986. The SMILES string of the molecule is C=C(/C=C\N(C)COCCOCn1nccc1/C=C/c1cccs1)/C=C/c1cccs1. The largest absolute Gasteiger partial charge is 0.359 e. The molecule has 0 aromatic carbocycles. The standard InChI is InChI=1S/C24H27N3O2S2/c1-21(7-9-23-5-3-17-30-23)12-14-26(2)19-28-15-16-29-20-27-22(11-13-25-27)8-10-24-6-4-18-31-24/h3-14,17-18H,1,15-16,19-20H2,2H3/b9-7+,10-8+,14-12-. The van der Waals surface area contributed by atoms with Crippen molar-refractivity contribution in [3.05, 3.63) is 93.2 Å². The van der Waals surface area contributed by atoms with Crippen LogP contribution in [0.1, 0.15) is 15.4 Å². The van der Waals surface area contributed by atoms with Crippen molar-refractivity contribution in [1.29, 1.82) is 0 Å². The molecule has 0 bridgehead atoms. The number of nitrogens with zero attached hydrogens (tertiary/aromatic N) is 3. The maximum atomic E-state index is 5.69. The molecule has 3 rings (SSSR count). The summed E-state index contributed by atoms with van der Waals surface area (Å²) in [7, 11) is 1.96. The van der Waals surface area contributed by atoms with Crippen LogP contribution in [-0.4, -0.2) is 41.7 Å². The van der Waals surface area contributed by atoms with Gasteiger partial charge in [-0.2, -0.15) is 5.10 Å². The Morgan fingerprint density at radius 2 is 1.77 bits per heavy atom. The zero-order chi connectivity index (χ0) is 21.7. The zero-order valence-electron chi connectivity index (χ0n) is 17.6. The highest BCUT2D eigenvalue weighted by Gasteiger charge is 2.00. The fourth-order valence-electron chi connectivity index (χ4n) is 2.52. The number of aromatic nitrogens is 2. The Kier molecular flexibility index (Phi) is 9.53. The average Bonchev–Trinajstić information content (AvgIpc) is 3.54. The van der Waals surface area contributed by atoms with Crippen molar-refractivity contribution in [2.45, 2.75) is 6.73 Å². The maximum Gasteiger partial charge on any atom is 0.140 e. The third-order valence-electron chi connectivity index (χ3n) is 4.14. The highest BCUT2D eigenvalue weighted by molar-refractivity contribution is 7.11. The van der Waals surface area contributed by atoms with E-state index >= 15 is 0 Å². The maximum absolute atomic E-state index is 5.69. The molecule has 0 aliphatic heterocycles. The van der Waals surface area contributed by atoms with Gasteiger partial charge in [0.1, 0.15) is 13.5 Å². The first-order valence-electron chi connectivity index (χ1n) is 9.88. The lowest BCUT2D eigenvalue weighted by molar-refractivity contribution is -0.00668. The Morgan fingerprint density at radius 1 is 1.03 bits per heavy atom. The van der Waals surface area contributed by atoms with Crippen molar-refractivity contribution >= 4 is 40.9 Å². The van der Waals surface area contributed by atoms with Crippen LogP contribution in [0.5, 0.6) is 0 Å². The van der Waals surface area contributed by atoms with Gasteiger partial charge in [0.25, 0.3) is 0 Å². The van der Waals surface area contributed by atoms with Crippen molar-refractivity contribution in [2.24, 2.45) is 0 Å². The van der Waals surface area contributed by atoms with E-state index in [0.717, 1.165) is 11.3 Å². The van der Waals surface area contributed by atoms with Crippen LogP contribution in [0.25, 0.3) is 18.2 Å².